The summed E-state index contributed by atoms with van der Waals surface area (Å²) in [6.07, 6.45) is 3.42. The molecule has 1 heterocycles. The van der Waals surface area contributed by atoms with Gasteiger partial charge in [0.1, 0.15) is 0 Å². The number of rotatable bonds is 2. The summed E-state index contributed by atoms with van der Waals surface area (Å²) >= 11 is 3.26. The van der Waals surface area contributed by atoms with Gasteiger partial charge in [-0.25, -0.2) is 4.98 Å². The topological polar surface area (TPSA) is 38.0 Å². The highest BCUT2D eigenvalue weighted by atomic mass is 79.9. The van der Waals surface area contributed by atoms with E-state index in [1.165, 1.54) is 0 Å². The first-order valence-electron chi connectivity index (χ1n) is 3.00. The van der Waals surface area contributed by atoms with Gasteiger partial charge in [0, 0.05) is 11.5 Å². The second-order valence-electron chi connectivity index (χ2n) is 2.08. The van der Waals surface area contributed by atoms with Gasteiger partial charge in [0.05, 0.1) is 12.0 Å². The highest BCUT2D eigenvalue weighted by Crippen LogP contribution is 2.01. The van der Waals surface area contributed by atoms with E-state index in [-0.39, 0.29) is 0 Å². The molecule has 0 spiro atoms. The van der Waals surface area contributed by atoms with Crippen LogP contribution in [0.4, 0.5) is 0 Å². The predicted molar refractivity (Wildman–Crippen MR) is 44.1 cm³/mol. The average Bonchev–Trinajstić information content (AvgIpc) is 2.34. The van der Waals surface area contributed by atoms with Crippen LogP contribution in [0, 0.1) is 0 Å². The zero-order valence-corrected chi connectivity index (χ0v) is 7.24. The van der Waals surface area contributed by atoms with Crippen LogP contribution in [0.1, 0.15) is 5.69 Å². The van der Waals surface area contributed by atoms with Crippen molar-refractivity contribution in [2.75, 3.05) is 0 Å². The lowest BCUT2D eigenvalue weighted by atomic mass is 9.89. The van der Waals surface area contributed by atoms with Gasteiger partial charge in [0.25, 0.3) is 0 Å². The van der Waals surface area contributed by atoms with Crippen molar-refractivity contribution in [1.29, 1.82) is 0 Å². The Morgan fingerprint density at radius 2 is 2.60 bits per heavy atom. The number of hydrogen-bond donors (Lipinski definition) is 1. The fraction of sp³-hybridized carbons (Fsp3) is 0.400. The van der Waals surface area contributed by atoms with Gasteiger partial charge in [0.15, 0.2) is 0 Å². The van der Waals surface area contributed by atoms with Crippen LogP contribution in [0.3, 0.4) is 0 Å². The molecule has 1 N–H and O–H groups in total. The monoisotopic (exact) mass is 202 g/mol. The van der Waals surface area contributed by atoms with Crippen LogP contribution >= 0.6 is 15.9 Å². The number of halogens is 1. The molecule has 1 rings (SSSR count). The summed E-state index contributed by atoms with van der Waals surface area (Å²) in [5.74, 6) is 0. The smallest absolute Gasteiger partial charge is 0.414 e. The molecule has 10 heavy (non-hydrogen) atoms. The van der Waals surface area contributed by atoms with Gasteiger partial charge in [-0.05, 0) is 6.82 Å². The van der Waals surface area contributed by atoms with Crippen LogP contribution in [0.25, 0.3) is 0 Å². The minimum absolute atomic E-state index is 0.486. The Morgan fingerprint density at radius 1 is 1.90 bits per heavy atom. The van der Waals surface area contributed by atoms with E-state index in [0.717, 1.165) is 11.0 Å². The summed E-state index contributed by atoms with van der Waals surface area (Å²) in [5, 5.41) is 9.77. The molecular weight excluding hydrogens is 195 g/mol. The van der Waals surface area contributed by atoms with Crippen molar-refractivity contribution in [2.45, 2.75) is 12.2 Å². The van der Waals surface area contributed by atoms with Crippen LogP contribution in [-0.2, 0) is 5.33 Å². The second-order valence-corrected chi connectivity index (χ2v) is 2.64. The SMILES string of the molecule is CB(O)n1cnc(CBr)c1. The van der Waals surface area contributed by atoms with E-state index in [9.17, 15) is 0 Å². The van der Waals surface area contributed by atoms with E-state index in [0.29, 0.717) is 0 Å². The van der Waals surface area contributed by atoms with Gasteiger partial charge in [-0.3, -0.25) is 0 Å². The highest BCUT2D eigenvalue weighted by Gasteiger charge is 2.05. The number of alkyl halides is 1. The van der Waals surface area contributed by atoms with Crippen molar-refractivity contribution in [3.63, 3.8) is 0 Å². The Hall–Kier alpha value is -0.285. The first-order valence-corrected chi connectivity index (χ1v) is 4.12. The number of aromatic nitrogens is 2. The van der Waals surface area contributed by atoms with Gasteiger partial charge < -0.3 is 9.50 Å². The lowest BCUT2D eigenvalue weighted by molar-refractivity contribution is 0.563. The average molecular weight is 203 g/mol. The third-order valence-corrected chi connectivity index (χ3v) is 1.80. The number of hydrogen-bond acceptors (Lipinski definition) is 2. The van der Waals surface area contributed by atoms with Gasteiger partial charge in [-0.2, -0.15) is 0 Å². The Balaban J connectivity index is 2.78. The lowest BCUT2D eigenvalue weighted by Gasteiger charge is -1.96. The highest BCUT2D eigenvalue weighted by molar-refractivity contribution is 9.08. The molecule has 0 amide bonds. The normalized spacial score (nSPS) is 9.90. The molecule has 1 aromatic rings. The van der Waals surface area contributed by atoms with Gasteiger partial charge in [-0.1, -0.05) is 15.9 Å². The minimum atomic E-state index is -0.486. The molecule has 0 radical (unpaired) electrons. The maximum atomic E-state index is 9.04. The van der Waals surface area contributed by atoms with Gasteiger partial charge >= 0.3 is 7.05 Å². The third-order valence-electron chi connectivity index (χ3n) is 1.22. The fourth-order valence-corrected chi connectivity index (χ4v) is 0.942. The first kappa shape index (κ1) is 7.82. The molecule has 0 bridgehead atoms. The van der Waals surface area contributed by atoms with Gasteiger partial charge in [-0.15, -0.1) is 0 Å². The van der Waals surface area contributed by atoms with Gasteiger partial charge in [0.2, 0.25) is 0 Å². The summed E-state index contributed by atoms with van der Waals surface area (Å²) in [6, 6.07) is 0. The van der Waals surface area contributed by atoms with E-state index in [4.69, 9.17) is 5.02 Å². The van der Waals surface area contributed by atoms with E-state index in [2.05, 4.69) is 20.9 Å². The van der Waals surface area contributed by atoms with E-state index in [1.54, 1.807) is 23.8 Å². The first-order chi connectivity index (χ1) is 4.74. The van der Waals surface area contributed by atoms with Crippen LogP contribution in [0.2, 0.25) is 6.82 Å². The second kappa shape index (κ2) is 3.21. The van der Waals surface area contributed by atoms with Crippen molar-refractivity contribution in [1.82, 2.24) is 9.46 Å². The summed E-state index contributed by atoms with van der Waals surface area (Å²) in [5.41, 5.74) is 0.931. The lowest BCUT2D eigenvalue weighted by Crippen LogP contribution is -2.17. The molecule has 54 valence electrons. The van der Waals surface area contributed by atoms with E-state index < -0.39 is 7.05 Å². The number of nitrogens with zero attached hydrogens (tertiary/aromatic N) is 2. The van der Waals surface area contributed by atoms with E-state index in [1.807, 2.05) is 0 Å². The molecule has 1 aromatic heterocycles. The maximum absolute atomic E-state index is 9.04. The molecule has 3 nitrogen and oxygen atoms in total. The zero-order valence-electron chi connectivity index (χ0n) is 5.66. The van der Waals surface area contributed by atoms with Crippen LogP contribution in [0.5, 0.6) is 0 Å². The minimum Gasteiger partial charge on any atom is -0.432 e. The Morgan fingerprint density at radius 3 is 2.90 bits per heavy atom. The quantitative estimate of drug-likeness (QED) is 0.568. The number of imidazole rings is 1. The van der Waals surface area contributed by atoms with Crippen molar-refractivity contribution < 1.29 is 5.02 Å². The Kier molecular flexibility index (Phi) is 2.51. The maximum Gasteiger partial charge on any atom is 0.414 e. The standard InChI is InChI=1S/C5H8BBrN2O/c1-6(10)9-3-5(2-7)8-4-9/h3-4,10H,2H2,1H3. The summed E-state index contributed by atoms with van der Waals surface area (Å²) in [4.78, 5) is 4.01. The molecule has 0 fully saturated rings. The largest absolute Gasteiger partial charge is 0.432 e. The molecule has 5 heteroatoms. The van der Waals surface area contributed by atoms with E-state index >= 15 is 0 Å². The summed E-state index contributed by atoms with van der Waals surface area (Å²) in [6.45, 7) is 1.69. The van der Waals surface area contributed by atoms with Crippen LogP contribution in [-0.4, -0.2) is 21.5 Å². The Labute approximate surface area is 68.3 Å². The predicted octanol–water partition coefficient (Wildman–Crippen LogP) is 0.736. The van der Waals surface area contributed by atoms with Crippen LogP contribution < -0.4 is 0 Å². The van der Waals surface area contributed by atoms with Crippen LogP contribution in [0.15, 0.2) is 12.5 Å². The molecule has 0 aliphatic rings. The molecule has 0 aliphatic carbocycles. The fourth-order valence-electron chi connectivity index (χ4n) is 0.653. The van der Waals surface area contributed by atoms with Crippen molar-refractivity contribution in [2.24, 2.45) is 0 Å². The molecule has 0 saturated carbocycles. The molecule has 0 saturated heterocycles. The molecular formula is C5H8BBrN2O. The summed E-state index contributed by atoms with van der Waals surface area (Å²) in [7, 11) is -0.486. The van der Waals surface area contributed by atoms with Crippen molar-refractivity contribution >= 4 is 23.0 Å². The molecule has 0 unspecified atom stereocenters. The van der Waals surface area contributed by atoms with Crippen molar-refractivity contribution in [3.05, 3.63) is 18.2 Å². The Bertz CT molecular complexity index is 213. The molecule has 0 atom stereocenters. The van der Waals surface area contributed by atoms with Crippen molar-refractivity contribution in [3.8, 4) is 0 Å². The molecule has 0 aliphatic heterocycles. The summed E-state index contributed by atoms with van der Waals surface area (Å²) < 4.78 is 1.65. The third kappa shape index (κ3) is 1.61. The zero-order chi connectivity index (χ0) is 7.56. The molecule has 0 aromatic carbocycles.